The number of nitrogens with one attached hydrogen (secondary N) is 3. The van der Waals surface area contributed by atoms with E-state index in [1.165, 1.54) is 12.8 Å². The van der Waals surface area contributed by atoms with Crippen molar-refractivity contribution in [1.29, 1.82) is 0 Å². The van der Waals surface area contributed by atoms with E-state index in [9.17, 15) is 4.79 Å². The lowest BCUT2D eigenvalue weighted by atomic mass is 10.1. The molecule has 0 radical (unpaired) electrons. The van der Waals surface area contributed by atoms with Crippen LogP contribution in [-0.2, 0) is 11.2 Å². The summed E-state index contributed by atoms with van der Waals surface area (Å²) in [6.07, 6.45) is 9.64. The van der Waals surface area contributed by atoms with Crippen LogP contribution < -0.4 is 20.5 Å². The number of carbonyl (C=O) groups excluding carboxylic acids is 1. The molecule has 1 aromatic carbocycles. The third-order valence-corrected chi connectivity index (χ3v) is 5.03. The van der Waals surface area contributed by atoms with Gasteiger partial charge in [-0.2, -0.15) is 0 Å². The molecule has 1 aliphatic heterocycles. The molecule has 3 aromatic rings. The van der Waals surface area contributed by atoms with Gasteiger partial charge in [-0.05, 0) is 43.9 Å². The van der Waals surface area contributed by atoms with Crippen molar-refractivity contribution in [2.24, 2.45) is 0 Å². The second kappa shape index (κ2) is 6.57. The molecule has 1 fully saturated rings. The average Bonchev–Trinajstić information content (AvgIpc) is 3.37. The summed E-state index contributed by atoms with van der Waals surface area (Å²) >= 11 is 0. The summed E-state index contributed by atoms with van der Waals surface area (Å²) in [5.74, 6) is 1.05. The molecule has 7 heteroatoms. The quantitative estimate of drug-likeness (QED) is 0.612. The van der Waals surface area contributed by atoms with E-state index in [1.54, 1.807) is 0 Å². The summed E-state index contributed by atoms with van der Waals surface area (Å²) in [5, 5.41) is 14.6. The molecule has 3 N–H and O–H groups in total. The van der Waals surface area contributed by atoms with Gasteiger partial charge in [0.1, 0.15) is 6.20 Å². The second-order valence-corrected chi connectivity index (χ2v) is 7.36. The molecule has 1 aliphatic carbocycles. The zero-order chi connectivity index (χ0) is 18.2. The predicted octanol–water partition coefficient (Wildman–Crippen LogP) is 2.90. The van der Waals surface area contributed by atoms with E-state index >= 15 is 0 Å². The van der Waals surface area contributed by atoms with Crippen LogP contribution in [0.25, 0.3) is 0 Å². The van der Waals surface area contributed by atoms with Gasteiger partial charge in [-0.15, -0.1) is 4.52 Å². The van der Waals surface area contributed by atoms with Crippen molar-refractivity contribution in [2.45, 2.75) is 44.6 Å². The van der Waals surface area contributed by atoms with Gasteiger partial charge in [0.15, 0.2) is 11.5 Å². The van der Waals surface area contributed by atoms with Crippen LogP contribution in [0.15, 0.2) is 42.7 Å². The molecular weight excluding hydrogens is 340 g/mol. The normalized spacial score (nSPS) is 17.3. The lowest BCUT2D eigenvalue weighted by Gasteiger charge is -2.12. The summed E-state index contributed by atoms with van der Waals surface area (Å²) in [4.78, 5) is 12.2. The Morgan fingerprint density at radius 2 is 1.89 bits per heavy atom. The minimum atomic E-state index is 0.0615. The molecule has 2 aromatic heterocycles. The Bertz CT molecular complexity index is 1010. The highest BCUT2D eigenvalue weighted by Crippen LogP contribution is 2.26. The van der Waals surface area contributed by atoms with Crippen LogP contribution in [0.5, 0.6) is 0 Å². The van der Waals surface area contributed by atoms with Crippen molar-refractivity contribution in [2.75, 3.05) is 16.0 Å². The minimum absolute atomic E-state index is 0.0615. The van der Waals surface area contributed by atoms with Gasteiger partial charge < -0.3 is 16.0 Å². The van der Waals surface area contributed by atoms with Crippen molar-refractivity contribution in [3.8, 4) is 0 Å². The molecule has 0 spiro atoms. The van der Waals surface area contributed by atoms with E-state index in [-0.39, 0.29) is 5.91 Å². The highest BCUT2D eigenvalue weighted by atomic mass is 16.1. The Kier molecular flexibility index (Phi) is 3.92. The summed E-state index contributed by atoms with van der Waals surface area (Å²) < 4.78 is 4.02. The second-order valence-electron chi connectivity index (χ2n) is 7.36. The van der Waals surface area contributed by atoms with E-state index in [1.807, 2.05) is 35.1 Å². The molecule has 1 amide bonds. The molecule has 0 atom stereocenters. The van der Waals surface area contributed by atoms with Gasteiger partial charge in [0.25, 0.3) is 0 Å². The number of hydrogen-bond donors (Lipinski definition) is 3. The standard InChI is InChI=1S/C20H22N6O/c27-20-7-2-1-6-18-12-21-26-19(23-14-8-9-14)11-17(13-25(18)26)22-15-4-3-5-16(10-15)24-20/h3-5,10-14H,1-2,6-9H2,(H2-,21,22,23,24,27)/p+1. The van der Waals surface area contributed by atoms with E-state index < -0.39 is 0 Å². The highest BCUT2D eigenvalue weighted by molar-refractivity contribution is 5.91. The molecule has 4 bridgehead atoms. The summed E-state index contributed by atoms with van der Waals surface area (Å²) in [7, 11) is 0. The Hall–Kier alpha value is -3.09. The molecule has 3 heterocycles. The van der Waals surface area contributed by atoms with Crippen molar-refractivity contribution < 1.29 is 9.31 Å². The Labute approximate surface area is 157 Å². The first-order valence-electron chi connectivity index (χ1n) is 9.61. The molecule has 2 aliphatic rings. The third kappa shape index (κ3) is 3.45. The van der Waals surface area contributed by atoms with Gasteiger partial charge in [0.2, 0.25) is 12.1 Å². The lowest BCUT2D eigenvalue weighted by molar-refractivity contribution is -0.628. The van der Waals surface area contributed by atoms with Crippen LogP contribution in [0, 0.1) is 0 Å². The molecule has 5 rings (SSSR count). The maximum absolute atomic E-state index is 12.2. The maximum atomic E-state index is 12.2. The largest absolute Gasteiger partial charge is 0.363 e. The van der Waals surface area contributed by atoms with Gasteiger partial charge in [-0.1, -0.05) is 6.07 Å². The number of fused-ring (bicyclic) bond motifs is 3. The van der Waals surface area contributed by atoms with Crippen LogP contribution in [0.2, 0.25) is 0 Å². The van der Waals surface area contributed by atoms with Crippen molar-refractivity contribution in [3.63, 3.8) is 0 Å². The fourth-order valence-electron chi connectivity index (χ4n) is 3.49. The van der Waals surface area contributed by atoms with E-state index in [4.69, 9.17) is 0 Å². The van der Waals surface area contributed by atoms with Crippen molar-refractivity contribution in [1.82, 2.24) is 9.73 Å². The number of nitrogens with zero attached hydrogens (tertiary/aromatic N) is 3. The summed E-state index contributed by atoms with van der Waals surface area (Å²) in [6, 6.07) is 10.5. The zero-order valence-corrected chi connectivity index (χ0v) is 15.1. The monoisotopic (exact) mass is 363 g/mol. The average molecular weight is 363 g/mol. The molecule has 1 saturated carbocycles. The number of amides is 1. The summed E-state index contributed by atoms with van der Waals surface area (Å²) in [5.41, 5.74) is 3.88. The first kappa shape index (κ1) is 16.1. The molecule has 0 saturated heterocycles. The number of benzene rings is 1. The number of anilines is 4. The molecular formula is C20H23N6O+. The van der Waals surface area contributed by atoms with Crippen LogP contribution in [0.1, 0.15) is 37.8 Å². The Morgan fingerprint density at radius 1 is 1.07 bits per heavy atom. The minimum Gasteiger partial charge on any atom is -0.363 e. The Morgan fingerprint density at radius 3 is 2.74 bits per heavy atom. The van der Waals surface area contributed by atoms with Crippen LogP contribution >= 0.6 is 0 Å². The van der Waals surface area contributed by atoms with Crippen molar-refractivity contribution >= 4 is 28.8 Å². The van der Waals surface area contributed by atoms with Crippen molar-refractivity contribution in [3.05, 3.63) is 48.4 Å². The SMILES string of the molecule is O=C1CCCCc2cnn3c(NC4CC4)cc(c[n+]23)Nc2cccc(c2)N1. The number of aromatic nitrogens is 3. The number of rotatable bonds is 2. The topological polar surface area (TPSA) is 74.6 Å². The smallest absolute Gasteiger partial charge is 0.224 e. The van der Waals surface area contributed by atoms with E-state index in [0.29, 0.717) is 12.5 Å². The van der Waals surface area contributed by atoms with Crippen LogP contribution in [-0.4, -0.2) is 21.7 Å². The first-order chi connectivity index (χ1) is 13.2. The van der Waals surface area contributed by atoms with Crippen LogP contribution in [0.4, 0.5) is 22.9 Å². The van der Waals surface area contributed by atoms with Gasteiger partial charge in [-0.25, -0.2) is 0 Å². The first-order valence-corrected chi connectivity index (χ1v) is 9.61. The van der Waals surface area contributed by atoms with Gasteiger partial charge >= 0.3 is 0 Å². The van der Waals surface area contributed by atoms with Gasteiger partial charge in [-0.3, -0.25) is 4.79 Å². The van der Waals surface area contributed by atoms with E-state index in [2.05, 4.69) is 37.8 Å². The third-order valence-electron chi connectivity index (χ3n) is 5.03. The Balaban J connectivity index is 1.59. The van der Waals surface area contributed by atoms with Crippen LogP contribution in [0.3, 0.4) is 0 Å². The lowest BCUT2D eigenvalue weighted by Crippen LogP contribution is -2.34. The molecule has 27 heavy (non-hydrogen) atoms. The van der Waals surface area contributed by atoms with Gasteiger partial charge in [0.05, 0.1) is 5.69 Å². The number of hydrogen-bond acceptors (Lipinski definition) is 4. The molecule has 138 valence electrons. The molecule has 7 nitrogen and oxygen atoms in total. The summed E-state index contributed by atoms with van der Waals surface area (Å²) in [6.45, 7) is 0. The maximum Gasteiger partial charge on any atom is 0.224 e. The number of carbonyl (C=O) groups is 1. The number of aryl methyl sites for hydroxylation is 1. The predicted molar refractivity (Wildman–Crippen MR) is 103 cm³/mol. The van der Waals surface area contributed by atoms with E-state index in [0.717, 1.165) is 47.8 Å². The fourth-order valence-corrected chi connectivity index (χ4v) is 3.49. The fraction of sp³-hybridized carbons (Fsp3) is 0.350. The molecule has 0 unspecified atom stereocenters. The zero-order valence-electron chi connectivity index (χ0n) is 15.1. The van der Waals surface area contributed by atoms with Gasteiger partial charge in [0, 0.05) is 46.1 Å². The highest BCUT2D eigenvalue weighted by Gasteiger charge is 2.25.